The summed E-state index contributed by atoms with van der Waals surface area (Å²) in [6.07, 6.45) is 1.44. The lowest BCUT2D eigenvalue weighted by Crippen LogP contribution is -2.17. The number of nitrogens with zero attached hydrogens (tertiary/aromatic N) is 3. The Morgan fingerprint density at radius 1 is 1.62 bits per heavy atom. The first-order valence-electron chi connectivity index (χ1n) is 5.08. The molecule has 0 aliphatic carbocycles. The summed E-state index contributed by atoms with van der Waals surface area (Å²) >= 11 is 1.22. The van der Waals surface area contributed by atoms with E-state index >= 15 is 0 Å². The third kappa shape index (κ3) is 2.96. The summed E-state index contributed by atoms with van der Waals surface area (Å²) in [6, 6.07) is 0. The minimum atomic E-state index is -0.816. The number of carboxylic acid groups (broad SMARTS) is 1. The standard InChI is InChI=1S/C9H16N4O2S/c1-3-4-6(8(14)15)16-9-12-11-7(5-10)13(9)2/h6H,3-5,10H2,1-2H3,(H,14,15). The molecule has 0 aliphatic rings. The Bertz CT molecular complexity index is 366. The zero-order valence-electron chi connectivity index (χ0n) is 9.38. The Morgan fingerprint density at radius 2 is 2.31 bits per heavy atom. The van der Waals surface area contributed by atoms with Gasteiger partial charge in [-0.25, -0.2) is 0 Å². The molecule has 7 heteroatoms. The number of aromatic nitrogens is 3. The number of carbonyl (C=O) groups is 1. The van der Waals surface area contributed by atoms with Gasteiger partial charge in [-0.15, -0.1) is 10.2 Å². The fourth-order valence-electron chi connectivity index (χ4n) is 1.25. The van der Waals surface area contributed by atoms with Crippen LogP contribution in [0.2, 0.25) is 0 Å². The van der Waals surface area contributed by atoms with E-state index in [-0.39, 0.29) is 0 Å². The van der Waals surface area contributed by atoms with Crippen molar-refractivity contribution in [1.82, 2.24) is 14.8 Å². The zero-order valence-corrected chi connectivity index (χ0v) is 10.2. The van der Waals surface area contributed by atoms with Crippen LogP contribution in [0.5, 0.6) is 0 Å². The molecule has 0 spiro atoms. The summed E-state index contributed by atoms with van der Waals surface area (Å²) in [4.78, 5) is 11.0. The minimum absolute atomic E-state index is 0.301. The van der Waals surface area contributed by atoms with Crippen molar-refractivity contribution >= 4 is 17.7 Å². The van der Waals surface area contributed by atoms with E-state index in [0.29, 0.717) is 23.9 Å². The smallest absolute Gasteiger partial charge is 0.317 e. The first-order valence-corrected chi connectivity index (χ1v) is 5.95. The van der Waals surface area contributed by atoms with Crippen molar-refractivity contribution in [3.05, 3.63) is 5.82 Å². The third-order valence-electron chi connectivity index (χ3n) is 2.18. The molecule has 0 amide bonds. The Kier molecular flexibility index (Phi) is 4.75. The first-order chi connectivity index (χ1) is 7.60. The molecule has 0 fully saturated rings. The van der Waals surface area contributed by atoms with Crippen LogP contribution < -0.4 is 5.73 Å². The Labute approximate surface area is 98.2 Å². The molecule has 6 nitrogen and oxygen atoms in total. The highest BCUT2D eigenvalue weighted by molar-refractivity contribution is 8.00. The van der Waals surface area contributed by atoms with Crippen molar-refractivity contribution in [1.29, 1.82) is 0 Å². The van der Waals surface area contributed by atoms with Gasteiger partial charge in [0.05, 0.1) is 6.54 Å². The zero-order chi connectivity index (χ0) is 12.1. The van der Waals surface area contributed by atoms with Crippen LogP contribution in [-0.4, -0.2) is 31.1 Å². The average molecular weight is 244 g/mol. The Balaban J connectivity index is 2.77. The molecular weight excluding hydrogens is 228 g/mol. The van der Waals surface area contributed by atoms with Gasteiger partial charge in [0.25, 0.3) is 0 Å². The summed E-state index contributed by atoms with van der Waals surface area (Å²) in [5.74, 6) is -0.160. The van der Waals surface area contributed by atoms with Crippen LogP contribution in [0.1, 0.15) is 25.6 Å². The third-order valence-corrected chi connectivity index (χ3v) is 3.47. The molecular formula is C9H16N4O2S. The van der Waals surface area contributed by atoms with Crippen LogP contribution in [0.15, 0.2) is 5.16 Å². The average Bonchev–Trinajstić information content (AvgIpc) is 2.59. The van der Waals surface area contributed by atoms with E-state index in [1.54, 1.807) is 11.6 Å². The molecule has 1 rings (SSSR count). The monoisotopic (exact) mass is 244 g/mol. The van der Waals surface area contributed by atoms with Crippen LogP contribution in [0, 0.1) is 0 Å². The first kappa shape index (κ1) is 13.0. The van der Waals surface area contributed by atoms with E-state index in [9.17, 15) is 4.79 Å². The van der Waals surface area contributed by atoms with E-state index in [4.69, 9.17) is 10.8 Å². The van der Waals surface area contributed by atoms with Gasteiger partial charge in [0.15, 0.2) is 5.16 Å². The van der Waals surface area contributed by atoms with Crippen LogP contribution in [0.3, 0.4) is 0 Å². The molecule has 90 valence electrons. The van der Waals surface area contributed by atoms with Gasteiger partial charge in [0.1, 0.15) is 11.1 Å². The molecule has 0 saturated carbocycles. The molecule has 1 unspecified atom stereocenters. The van der Waals surface area contributed by atoms with Crippen LogP contribution >= 0.6 is 11.8 Å². The molecule has 0 bridgehead atoms. The maximum atomic E-state index is 11.0. The van der Waals surface area contributed by atoms with Gasteiger partial charge >= 0.3 is 5.97 Å². The van der Waals surface area contributed by atoms with Crippen LogP contribution in [-0.2, 0) is 18.4 Å². The summed E-state index contributed by atoms with van der Waals surface area (Å²) in [6.45, 7) is 2.26. The molecule has 0 aromatic carbocycles. The van der Waals surface area contributed by atoms with Gasteiger partial charge in [-0.05, 0) is 6.42 Å². The van der Waals surface area contributed by atoms with Crippen molar-refractivity contribution in [2.24, 2.45) is 12.8 Å². The van der Waals surface area contributed by atoms with E-state index in [1.165, 1.54) is 11.8 Å². The van der Waals surface area contributed by atoms with Gasteiger partial charge in [0.2, 0.25) is 0 Å². The van der Waals surface area contributed by atoms with Crippen LogP contribution in [0.25, 0.3) is 0 Å². The van der Waals surface area contributed by atoms with E-state index < -0.39 is 11.2 Å². The molecule has 0 radical (unpaired) electrons. The highest BCUT2D eigenvalue weighted by atomic mass is 32.2. The van der Waals surface area contributed by atoms with Crippen LogP contribution in [0.4, 0.5) is 0 Å². The quantitative estimate of drug-likeness (QED) is 0.712. The van der Waals surface area contributed by atoms with E-state index in [1.807, 2.05) is 6.92 Å². The molecule has 1 atom stereocenters. The second kappa shape index (κ2) is 5.86. The highest BCUT2D eigenvalue weighted by Crippen LogP contribution is 2.24. The van der Waals surface area contributed by atoms with Gasteiger partial charge in [-0.2, -0.15) is 0 Å². The lowest BCUT2D eigenvalue weighted by Gasteiger charge is -2.09. The van der Waals surface area contributed by atoms with Crippen molar-refractivity contribution in [3.63, 3.8) is 0 Å². The fourth-order valence-corrected chi connectivity index (χ4v) is 2.31. The van der Waals surface area contributed by atoms with E-state index in [2.05, 4.69) is 10.2 Å². The minimum Gasteiger partial charge on any atom is -0.480 e. The number of nitrogens with two attached hydrogens (primary N) is 1. The molecule has 1 heterocycles. The molecule has 1 aromatic rings. The number of thioether (sulfide) groups is 1. The second-order valence-electron chi connectivity index (χ2n) is 3.40. The maximum absolute atomic E-state index is 11.0. The Hall–Kier alpha value is -1.08. The van der Waals surface area contributed by atoms with Gasteiger partial charge < -0.3 is 15.4 Å². The lowest BCUT2D eigenvalue weighted by molar-refractivity contribution is -0.136. The normalized spacial score (nSPS) is 12.7. The highest BCUT2D eigenvalue weighted by Gasteiger charge is 2.21. The Morgan fingerprint density at radius 3 is 2.75 bits per heavy atom. The van der Waals surface area contributed by atoms with Gasteiger partial charge in [0, 0.05) is 7.05 Å². The molecule has 16 heavy (non-hydrogen) atoms. The number of rotatable bonds is 6. The molecule has 0 saturated heterocycles. The molecule has 0 aliphatic heterocycles. The number of aliphatic carboxylic acids is 1. The number of hydrogen-bond donors (Lipinski definition) is 2. The van der Waals surface area contributed by atoms with Gasteiger partial charge in [-0.3, -0.25) is 4.79 Å². The topological polar surface area (TPSA) is 94.0 Å². The summed E-state index contributed by atoms with van der Waals surface area (Å²) < 4.78 is 1.73. The predicted molar refractivity (Wildman–Crippen MR) is 61.1 cm³/mol. The maximum Gasteiger partial charge on any atom is 0.317 e. The van der Waals surface area contributed by atoms with Crippen molar-refractivity contribution in [2.45, 2.75) is 36.7 Å². The molecule has 3 N–H and O–H groups in total. The lowest BCUT2D eigenvalue weighted by atomic mass is 10.2. The summed E-state index contributed by atoms with van der Waals surface area (Å²) in [7, 11) is 1.79. The van der Waals surface area contributed by atoms with Crippen molar-refractivity contribution < 1.29 is 9.90 Å². The second-order valence-corrected chi connectivity index (χ2v) is 4.57. The van der Waals surface area contributed by atoms with Crippen molar-refractivity contribution in [3.8, 4) is 0 Å². The number of hydrogen-bond acceptors (Lipinski definition) is 5. The fraction of sp³-hybridized carbons (Fsp3) is 0.667. The largest absolute Gasteiger partial charge is 0.480 e. The SMILES string of the molecule is CCCC(Sc1nnc(CN)n1C)C(=O)O. The van der Waals surface area contributed by atoms with E-state index in [0.717, 1.165) is 6.42 Å². The predicted octanol–water partition coefficient (Wildman–Crippen LogP) is 0.619. The van der Waals surface area contributed by atoms with Crippen molar-refractivity contribution in [2.75, 3.05) is 0 Å². The summed E-state index contributed by atoms with van der Waals surface area (Å²) in [5.41, 5.74) is 5.46. The summed E-state index contributed by atoms with van der Waals surface area (Å²) in [5, 5.41) is 16.9. The van der Waals surface area contributed by atoms with Gasteiger partial charge in [-0.1, -0.05) is 25.1 Å². The molecule has 1 aromatic heterocycles. The number of carboxylic acids is 1.